The van der Waals surface area contributed by atoms with Crippen LogP contribution in [0.3, 0.4) is 0 Å². The van der Waals surface area contributed by atoms with E-state index in [9.17, 15) is 13.2 Å². The van der Waals surface area contributed by atoms with Crippen LogP contribution in [-0.4, -0.2) is 0 Å². The summed E-state index contributed by atoms with van der Waals surface area (Å²) in [6.45, 7) is -0.0578. The van der Waals surface area contributed by atoms with Crippen molar-refractivity contribution in [1.82, 2.24) is 0 Å². The zero-order valence-corrected chi connectivity index (χ0v) is 12.1. The molecule has 1 nitrogen and oxygen atoms in total. The van der Waals surface area contributed by atoms with E-state index in [-0.39, 0.29) is 16.6 Å². The Hall–Kier alpha value is -1.10. The molecule has 0 atom stereocenters. The second kappa shape index (κ2) is 6.12. The Kier molecular flexibility index (Phi) is 4.68. The molecule has 0 bridgehead atoms. The maximum absolute atomic E-state index is 13.5. The first-order valence-electron chi connectivity index (χ1n) is 5.41. The highest BCUT2D eigenvalue weighted by Crippen LogP contribution is 2.32. The summed E-state index contributed by atoms with van der Waals surface area (Å²) in [5.74, 6) is -3.09. The normalized spacial score (nSPS) is 10.7. The van der Waals surface area contributed by atoms with Crippen LogP contribution < -0.4 is 5.32 Å². The monoisotopic (exact) mass is 339 g/mol. The van der Waals surface area contributed by atoms with Crippen molar-refractivity contribution in [3.63, 3.8) is 0 Å². The van der Waals surface area contributed by atoms with Crippen LogP contribution in [0.25, 0.3) is 0 Å². The molecule has 20 heavy (non-hydrogen) atoms. The minimum atomic E-state index is -1.04. The van der Waals surface area contributed by atoms with E-state index in [0.29, 0.717) is 22.7 Å². The Labute approximate surface area is 128 Å². The van der Waals surface area contributed by atoms with E-state index < -0.39 is 23.1 Å². The fourth-order valence-electron chi connectivity index (χ4n) is 1.62. The Morgan fingerprint density at radius 2 is 1.45 bits per heavy atom. The van der Waals surface area contributed by atoms with Crippen molar-refractivity contribution < 1.29 is 13.2 Å². The molecular formula is C13H7Cl3F3N. The third kappa shape index (κ3) is 3.14. The van der Waals surface area contributed by atoms with E-state index in [4.69, 9.17) is 34.8 Å². The highest BCUT2D eigenvalue weighted by molar-refractivity contribution is 6.44. The molecule has 0 aliphatic carbocycles. The fraction of sp³-hybridized carbons (Fsp3) is 0.0769. The van der Waals surface area contributed by atoms with Crippen molar-refractivity contribution in [2.24, 2.45) is 0 Å². The Balaban J connectivity index is 2.28. The molecule has 1 N–H and O–H groups in total. The molecule has 0 spiro atoms. The van der Waals surface area contributed by atoms with Gasteiger partial charge in [-0.15, -0.1) is 0 Å². The van der Waals surface area contributed by atoms with Crippen LogP contribution in [0.1, 0.15) is 5.56 Å². The largest absolute Gasteiger partial charge is 0.376 e. The Morgan fingerprint density at radius 3 is 2.05 bits per heavy atom. The van der Waals surface area contributed by atoms with Gasteiger partial charge in [-0.1, -0.05) is 34.8 Å². The van der Waals surface area contributed by atoms with Crippen LogP contribution in [0.4, 0.5) is 18.9 Å². The lowest BCUT2D eigenvalue weighted by Crippen LogP contribution is -2.05. The molecule has 0 aromatic heterocycles. The smallest absolute Gasteiger partial charge is 0.152 e. The zero-order valence-electron chi connectivity index (χ0n) is 9.78. The number of anilines is 1. The highest BCUT2D eigenvalue weighted by atomic mass is 35.5. The van der Waals surface area contributed by atoms with E-state index in [1.165, 1.54) is 12.1 Å². The van der Waals surface area contributed by atoms with Crippen LogP contribution in [0.5, 0.6) is 0 Å². The van der Waals surface area contributed by atoms with Gasteiger partial charge in [0.2, 0.25) is 0 Å². The summed E-state index contributed by atoms with van der Waals surface area (Å²) in [6, 6.07) is 4.18. The molecule has 2 aromatic carbocycles. The van der Waals surface area contributed by atoms with Crippen molar-refractivity contribution in [3.8, 4) is 0 Å². The molecule has 0 fully saturated rings. The van der Waals surface area contributed by atoms with Gasteiger partial charge in [0.15, 0.2) is 11.6 Å². The van der Waals surface area contributed by atoms with E-state index in [2.05, 4.69) is 5.32 Å². The van der Waals surface area contributed by atoms with Gasteiger partial charge in [-0.3, -0.25) is 0 Å². The summed E-state index contributed by atoms with van der Waals surface area (Å²) >= 11 is 17.7. The summed E-state index contributed by atoms with van der Waals surface area (Å²) in [5.41, 5.74) is -0.0672. The standard InChI is InChI=1S/C13H7Cl3F3N/c14-8-1-2-9(15)12(16)7(8)5-20-13-10(18)3-6(17)4-11(13)19/h1-4,20H,5H2. The summed E-state index contributed by atoms with van der Waals surface area (Å²) in [5, 5.41) is 3.25. The third-order valence-electron chi connectivity index (χ3n) is 2.59. The van der Waals surface area contributed by atoms with Crippen LogP contribution in [0, 0.1) is 17.5 Å². The molecule has 0 heterocycles. The maximum Gasteiger partial charge on any atom is 0.152 e. The third-order valence-corrected chi connectivity index (χ3v) is 3.79. The molecule has 106 valence electrons. The quantitative estimate of drug-likeness (QED) is 0.709. The number of rotatable bonds is 3. The molecule has 0 aliphatic rings. The molecule has 0 radical (unpaired) electrons. The fourth-order valence-corrected chi connectivity index (χ4v) is 2.30. The van der Waals surface area contributed by atoms with E-state index >= 15 is 0 Å². The van der Waals surface area contributed by atoms with Gasteiger partial charge < -0.3 is 5.32 Å². The molecule has 0 amide bonds. The van der Waals surface area contributed by atoms with Crippen molar-refractivity contribution in [2.75, 3.05) is 5.32 Å². The summed E-state index contributed by atoms with van der Waals surface area (Å²) in [4.78, 5) is 0. The van der Waals surface area contributed by atoms with Gasteiger partial charge in [-0.25, -0.2) is 13.2 Å². The van der Waals surface area contributed by atoms with Gasteiger partial charge in [-0.05, 0) is 12.1 Å². The molecule has 7 heteroatoms. The average molecular weight is 341 g/mol. The Bertz CT molecular complexity index is 639. The molecule has 0 saturated carbocycles. The predicted octanol–water partition coefficient (Wildman–Crippen LogP) is 5.68. The second-order valence-corrected chi connectivity index (χ2v) is 5.11. The van der Waals surface area contributed by atoms with E-state index in [0.717, 1.165) is 0 Å². The van der Waals surface area contributed by atoms with Crippen molar-refractivity contribution >= 4 is 40.5 Å². The molecular weight excluding hydrogens is 334 g/mol. The lowest BCUT2D eigenvalue weighted by molar-refractivity contribution is 0.547. The Morgan fingerprint density at radius 1 is 0.900 bits per heavy atom. The maximum atomic E-state index is 13.5. The van der Waals surface area contributed by atoms with E-state index in [1.54, 1.807) is 0 Å². The van der Waals surface area contributed by atoms with Crippen LogP contribution in [0.2, 0.25) is 15.1 Å². The lowest BCUT2D eigenvalue weighted by Gasteiger charge is -2.12. The minimum Gasteiger partial charge on any atom is -0.376 e. The molecule has 2 aromatic rings. The van der Waals surface area contributed by atoms with Gasteiger partial charge in [0, 0.05) is 29.3 Å². The summed E-state index contributed by atoms with van der Waals surface area (Å²) in [7, 11) is 0. The molecule has 2 rings (SSSR count). The number of nitrogens with one attached hydrogen (secondary N) is 1. The predicted molar refractivity (Wildman–Crippen MR) is 75.1 cm³/mol. The minimum absolute atomic E-state index is 0.0578. The number of hydrogen-bond donors (Lipinski definition) is 1. The number of benzene rings is 2. The first-order valence-corrected chi connectivity index (χ1v) is 6.54. The van der Waals surface area contributed by atoms with Crippen LogP contribution in [-0.2, 0) is 6.54 Å². The van der Waals surface area contributed by atoms with Crippen molar-refractivity contribution in [1.29, 1.82) is 0 Å². The van der Waals surface area contributed by atoms with Crippen molar-refractivity contribution in [2.45, 2.75) is 6.54 Å². The first-order chi connectivity index (χ1) is 9.40. The first kappa shape index (κ1) is 15.3. The van der Waals surface area contributed by atoms with Gasteiger partial charge in [0.1, 0.15) is 11.5 Å². The molecule has 0 saturated heterocycles. The van der Waals surface area contributed by atoms with Crippen molar-refractivity contribution in [3.05, 3.63) is 62.3 Å². The van der Waals surface area contributed by atoms with Gasteiger partial charge >= 0.3 is 0 Å². The van der Waals surface area contributed by atoms with Gasteiger partial charge in [-0.2, -0.15) is 0 Å². The van der Waals surface area contributed by atoms with E-state index in [1.807, 2.05) is 0 Å². The zero-order chi connectivity index (χ0) is 14.9. The average Bonchev–Trinajstić information content (AvgIpc) is 2.36. The van der Waals surface area contributed by atoms with Crippen LogP contribution >= 0.6 is 34.8 Å². The SMILES string of the molecule is Fc1cc(F)c(NCc2c(Cl)ccc(Cl)c2Cl)c(F)c1. The van der Waals surface area contributed by atoms with Gasteiger partial charge in [0.05, 0.1) is 10.0 Å². The molecule has 0 unspecified atom stereocenters. The lowest BCUT2D eigenvalue weighted by atomic mass is 10.2. The topological polar surface area (TPSA) is 12.0 Å². The summed E-state index contributed by atoms with van der Waals surface area (Å²) < 4.78 is 39.7. The number of hydrogen-bond acceptors (Lipinski definition) is 1. The highest BCUT2D eigenvalue weighted by Gasteiger charge is 2.14. The summed E-state index contributed by atoms with van der Waals surface area (Å²) in [6.07, 6.45) is 0. The van der Waals surface area contributed by atoms with Gasteiger partial charge in [0.25, 0.3) is 0 Å². The van der Waals surface area contributed by atoms with Crippen LogP contribution in [0.15, 0.2) is 24.3 Å². The number of halogens is 6. The molecule has 0 aliphatic heterocycles. The second-order valence-electron chi connectivity index (χ2n) is 3.92.